The van der Waals surface area contributed by atoms with E-state index in [0.717, 1.165) is 0 Å². The number of nitrogen functional groups attached to an aromatic ring is 1. The van der Waals surface area contributed by atoms with E-state index in [1.54, 1.807) is 30.3 Å². The molecule has 0 saturated carbocycles. The maximum Gasteiger partial charge on any atom is 0.269 e. The summed E-state index contributed by atoms with van der Waals surface area (Å²) in [6, 6.07) is 14.4. The largest absolute Gasteiger partial charge is 0.384 e. The van der Waals surface area contributed by atoms with Crippen LogP contribution in [0.1, 0.15) is 27.5 Å². The molecule has 9 heteroatoms. The van der Waals surface area contributed by atoms with Crippen LogP contribution in [0.2, 0.25) is 0 Å². The van der Waals surface area contributed by atoms with E-state index in [9.17, 15) is 19.7 Å². The zero-order chi connectivity index (χ0) is 22.4. The standard InChI is InChI=1S/C22H19N5O4/c23-20-13-17(11-12-25-20)26-22(29)16-6-4-15(5-7-16)21(24)19(28)10-3-14-1-8-18(9-2-14)27(30)31/h1-13,21H,24H2,(H3,23,25,26,29). The number of carbonyl (C=O) groups excluding carboxylic acids is 2. The molecule has 2 aromatic carbocycles. The number of amides is 1. The molecule has 156 valence electrons. The van der Waals surface area contributed by atoms with E-state index < -0.39 is 11.0 Å². The average Bonchev–Trinajstić information content (AvgIpc) is 2.77. The molecule has 3 aromatic rings. The van der Waals surface area contributed by atoms with Gasteiger partial charge in [0.05, 0.1) is 11.0 Å². The van der Waals surface area contributed by atoms with Crippen LogP contribution in [0.15, 0.2) is 72.9 Å². The van der Waals surface area contributed by atoms with E-state index in [2.05, 4.69) is 10.3 Å². The van der Waals surface area contributed by atoms with Crippen LogP contribution in [-0.2, 0) is 4.79 Å². The molecule has 1 unspecified atom stereocenters. The van der Waals surface area contributed by atoms with Gasteiger partial charge in [-0.1, -0.05) is 18.2 Å². The summed E-state index contributed by atoms with van der Waals surface area (Å²) < 4.78 is 0. The summed E-state index contributed by atoms with van der Waals surface area (Å²) in [5.41, 5.74) is 13.7. The average molecular weight is 417 g/mol. The molecule has 1 heterocycles. The molecule has 0 fully saturated rings. The van der Waals surface area contributed by atoms with E-state index in [-0.39, 0.29) is 17.4 Å². The smallest absolute Gasteiger partial charge is 0.269 e. The molecule has 31 heavy (non-hydrogen) atoms. The van der Waals surface area contributed by atoms with Gasteiger partial charge in [-0.3, -0.25) is 19.7 Å². The second-order valence-electron chi connectivity index (χ2n) is 6.61. The molecule has 1 aromatic heterocycles. The molecule has 0 aliphatic heterocycles. The Hall–Kier alpha value is -4.37. The molecule has 9 nitrogen and oxygen atoms in total. The predicted octanol–water partition coefficient (Wildman–Crippen LogP) is 3.11. The number of hydrogen-bond acceptors (Lipinski definition) is 7. The second-order valence-corrected chi connectivity index (χ2v) is 6.61. The summed E-state index contributed by atoms with van der Waals surface area (Å²) in [6.07, 6.45) is 4.34. The topological polar surface area (TPSA) is 154 Å². The SMILES string of the molecule is Nc1cc(NC(=O)c2ccc(C(N)C(=O)C=Cc3ccc([N+](=O)[O-])cc3)cc2)ccn1. The highest BCUT2D eigenvalue weighted by molar-refractivity contribution is 6.04. The fourth-order valence-corrected chi connectivity index (χ4v) is 2.72. The minimum Gasteiger partial charge on any atom is -0.384 e. The third-order valence-electron chi connectivity index (χ3n) is 4.42. The highest BCUT2D eigenvalue weighted by Gasteiger charge is 2.14. The Kier molecular flexibility index (Phi) is 6.48. The van der Waals surface area contributed by atoms with Crippen LogP contribution in [0.25, 0.3) is 6.08 Å². The van der Waals surface area contributed by atoms with Gasteiger partial charge in [-0.25, -0.2) is 4.98 Å². The van der Waals surface area contributed by atoms with Crippen molar-refractivity contribution in [3.63, 3.8) is 0 Å². The van der Waals surface area contributed by atoms with Crippen LogP contribution >= 0.6 is 0 Å². The molecule has 3 rings (SSSR count). The van der Waals surface area contributed by atoms with E-state index in [1.165, 1.54) is 48.7 Å². The summed E-state index contributed by atoms with van der Waals surface area (Å²) in [6.45, 7) is 0. The van der Waals surface area contributed by atoms with Gasteiger partial charge in [0.2, 0.25) is 0 Å². The lowest BCUT2D eigenvalue weighted by Gasteiger charge is -2.10. The lowest BCUT2D eigenvalue weighted by atomic mass is 10.0. The van der Waals surface area contributed by atoms with Crippen molar-refractivity contribution in [1.29, 1.82) is 0 Å². The molecule has 1 amide bonds. The number of non-ortho nitro benzene ring substituents is 1. The number of nitro benzene ring substituents is 1. The number of aromatic nitrogens is 1. The van der Waals surface area contributed by atoms with Gasteiger partial charge in [0.15, 0.2) is 5.78 Å². The van der Waals surface area contributed by atoms with Crippen molar-refractivity contribution >= 4 is 35.0 Å². The number of nitrogens with one attached hydrogen (secondary N) is 1. The van der Waals surface area contributed by atoms with Crippen molar-refractivity contribution < 1.29 is 14.5 Å². The number of anilines is 2. The highest BCUT2D eigenvalue weighted by atomic mass is 16.6. The molecule has 0 bridgehead atoms. The monoisotopic (exact) mass is 417 g/mol. The third-order valence-corrected chi connectivity index (χ3v) is 4.42. The molecule has 0 spiro atoms. The van der Waals surface area contributed by atoms with Gasteiger partial charge in [-0.2, -0.15) is 0 Å². The van der Waals surface area contributed by atoms with Crippen molar-refractivity contribution in [2.24, 2.45) is 5.73 Å². The number of nitrogens with zero attached hydrogens (tertiary/aromatic N) is 2. The number of nitro groups is 1. The van der Waals surface area contributed by atoms with Crippen molar-refractivity contribution in [1.82, 2.24) is 4.98 Å². The number of hydrogen-bond donors (Lipinski definition) is 3. The number of nitrogens with two attached hydrogens (primary N) is 2. The Morgan fingerprint density at radius 2 is 1.74 bits per heavy atom. The number of ketones is 1. The fourth-order valence-electron chi connectivity index (χ4n) is 2.72. The van der Waals surface area contributed by atoms with Crippen molar-refractivity contribution in [2.75, 3.05) is 11.1 Å². The molecule has 1 atom stereocenters. The minimum atomic E-state index is -0.911. The summed E-state index contributed by atoms with van der Waals surface area (Å²) in [7, 11) is 0. The van der Waals surface area contributed by atoms with Crippen LogP contribution in [-0.4, -0.2) is 21.6 Å². The van der Waals surface area contributed by atoms with E-state index in [0.29, 0.717) is 28.2 Å². The Labute approximate surface area is 177 Å². The Bertz CT molecular complexity index is 1140. The van der Waals surface area contributed by atoms with E-state index >= 15 is 0 Å². The zero-order valence-electron chi connectivity index (χ0n) is 16.3. The molecular weight excluding hydrogens is 398 g/mol. The Morgan fingerprint density at radius 1 is 1.06 bits per heavy atom. The Morgan fingerprint density at radius 3 is 2.35 bits per heavy atom. The van der Waals surface area contributed by atoms with Gasteiger partial charge in [-0.05, 0) is 47.5 Å². The van der Waals surface area contributed by atoms with Gasteiger partial charge in [0.25, 0.3) is 11.6 Å². The highest BCUT2D eigenvalue weighted by Crippen LogP contribution is 2.17. The molecular formula is C22H19N5O4. The third kappa shape index (κ3) is 5.58. The van der Waals surface area contributed by atoms with E-state index in [4.69, 9.17) is 11.5 Å². The van der Waals surface area contributed by atoms with Gasteiger partial charge in [0.1, 0.15) is 5.82 Å². The van der Waals surface area contributed by atoms with Gasteiger partial charge >= 0.3 is 0 Å². The fraction of sp³-hybridized carbons (Fsp3) is 0.0455. The number of rotatable bonds is 7. The molecule has 0 radical (unpaired) electrons. The Balaban J connectivity index is 1.63. The first kappa shape index (κ1) is 21.3. The first-order chi connectivity index (χ1) is 14.8. The summed E-state index contributed by atoms with van der Waals surface area (Å²) in [4.78, 5) is 38.8. The van der Waals surface area contributed by atoms with Crippen LogP contribution in [0.4, 0.5) is 17.2 Å². The van der Waals surface area contributed by atoms with Crippen LogP contribution in [0.5, 0.6) is 0 Å². The first-order valence-corrected chi connectivity index (χ1v) is 9.18. The molecule has 5 N–H and O–H groups in total. The number of benzene rings is 2. The lowest BCUT2D eigenvalue weighted by Crippen LogP contribution is -2.20. The normalized spacial score (nSPS) is 11.8. The molecule has 0 aliphatic rings. The number of carbonyl (C=O) groups is 2. The molecule has 0 aliphatic carbocycles. The van der Waals surface area contributed by atoms with Gasteiger partial charge < -0.3 is 16.8 Å². The van der Waals surface area contributed by atoms with Crippen molar-refractivity contribution in [3.05, 3.63) is 99.7 Å². The quantitative estimate of drug-likeness (QED) is 0.303. The summed E-state index contributed by atoms with van der Waals surface area (Å²) >= 11 is 0. The van der Waals surface area contributed by atoms with Crippen LogP contribution in [0.3, 0.4) is 0 Å². The zero-order valence-corrected chi connectivity index (χ0v) is 16.3. The van der Waals surface area contributed by atoms with Gasteiger partial charge in [-0.15, -0.1) is 0 Å². The molecule has 0 saturated heterocycles. The second kappa shape index (κ2) is 9.42. The van der Waals surface area contributed by atoms with E-state index in [1.807, 2.05) is 0 Å². The first-order valence-electron chi connectivity index (χ1n) is 9.18. The lowest BCUT2D eigenvalue weighted by molar-refractivity contribution is -0.384. The van der Waals surface area contributed by atoms with Crippen molar-refractivity contribution in [2.45, 2.75) is 6.04 Å². The predicted molar refractivity (Wildman–Crippen MR) is 117 cm³/mol. The maximum atomic E-state index is 12.4. The van der Waals surface area contributed by atoms with Crippen LogP contribution < -0.4 is 16.8 Å². The number of pyridine rings is 1. The summed E-state index contributed by atoms with van der Waals surface area (Å²) in [5, 5.41) is 13.4. The van der Waals surface area contributed by atoms with Gasteiger partial charge in [0, 0.05) is 35.6 Å². The van der Waals surface area contributed by atoms with Crippen LogP contribution in [0, 0.1) is 10.1 Å². The maximum absolute atomic E-state index is 12.4. The summed E-state index contributed by atoms with van der Waals surface area (Å²) in [5.74, 6) is -0.391. The minimum absolute atomic E-state index is 0.0308. The van der Waals surface area contributed by atoms with Crippen molar-refractivity contribution in [3.8, 4) is 0 Å².